The van der Waals surface area contributed by atoms with Gasteiger partial charge in [-0.25, -0.2) is 4.68 Å². The molecule has 0 aliphatic rings. The van der Waals surface area contributed by atoms with Gasteiger partial charge in [0.2, 0.25) is 0 Å². The minimum atomic E-state index is -0.340. The van der Waals surface area contributed by atoms with E-state index < -0.39 is 0 Å². The van der Waals surface area contributed by atoms with Gasteiger partial charge in [0, 0.05) is 22.8 Å². The van der Waals surface area contributed by atoms with Crippen molar-refractivity contribution in [2.24, 2.45) is 0 Å². The maximum atomic E-state index is 12.3. The first-order valence-electron chi connectivity index (χ1n) is 7.34. The van der Waals surface area contributed by atoms with Crippen molar-refractivity contribution in [3.05, 3.63) is 65.4 Å². The van der Waals surface area contributed by atoms with Crippen LogP contribution in [0.3, 0.4) is 0 Å². The number of hydrogen-bond donors (Lipinski definition) is 2. The monoisotopic (exact) mass is 342 g/mol. The minimum absolute atomic E-state index is 0.0941. The van der Waals surface area contributed by atoms with E-state index in [0.29, 0.717) is 22.2 Å². The van der Waals surface area contributed by atoms with E-state index >= 15 is 0 Å². The Hall–Kier alpha value is -2.70. The molecular weight excluding hydrogens is 328 g/mol. The zero-order valence-electron chi connectivity index (χ0n) is 12.7. The summed E-state index contributed by atoms with van der Waals surface area (Å²) >= 11 is 6.01. The Labute approximate surface area is 143 Å². The van der Waals surface area contributed by atoms with E-state index in [0.717, 1.165) is 5.56 Å². The van der Waals surface area contributed by atoms with E-state index in [1.165, 1.54) is 4.68 Å². The molecule has 1 aromatic carbocycles. The Balaban J connectivity index is 1.90. The van der Waals surface area contributed by atoms with Gasteiger partial charge in [0.25, 0.3) is 5.91 Å². The van der Waals surface area contributed by atoms with Crippen LogP contribution >= 0.6 is 11.6 Å². The van der Waals surface area contributed by atoms with E-state index in [1.54, 1.807) is 42.6 Å². The van der Waals surface area contributed by atoms with Crippen molar-refractivity contribution in [3.8, 4) is 11.3 Å². The van der Waals surface area contributed by atoms with Crippen LogP contribution in [-0.4, -0.2) is 32.4 Å². The molecule has 0 spiro atoms. The van der Waals surface area contributed by atoms with Crippen LogP contribution in [0.2, 0.25) is 5.02 Å². The third kappa shape index (κ3) is 3.61. The summed E-state index contributed by atoms with van der Waals surface area (Å²) in [6.07, 6.45) is 1.55. The molecule has 0 saturated heterocycles. The van der Waals surface area contributed by atoms with Gasteiger partial charge >= 0.3 is 0 Å². The first-order valence-corrected chi connectivity index (χ1v) is 7.72. The number of pyridine rings is 1. The Bertz CT molecular complexity index is 849. The highest BCUT2D eigenvalue weighted by atomic mass is 35.5. The van der Waals surface area contributed by atoms with Crippen molar-refractivity contribution in [2.75, 3.05) is 11.9 Å². The number of benzene rings is 1. The number of halogens is 1. The lowest BCUT2D eigenvalue weighted by atomic mass is 10.1. The molecule has 0 aliphatic heterocycles. The zero-order valence-corrected chi connectivity index (χ0v) is 13.4. The van der Waals surface area contributed by atoms with E-state index in [-0.39, 0.29) is 19.1 Å². The Morgan fingerprint density at radius 1 is 1.21 bits per heavy atom. The molecule has 1 amide bonds. The number of amides is 1. The summed E-state index contributed by atoms with van der Waals surface area (Å²) in [5, 5.41) is 17.0. The quantitative estimate of drug-likeness (QED) is 0.747. The second-order valence-corrected chi connectivity index (χ2v) is 5.48. The standard InChI is InChI=1S/C17H15ClN4O2/c18-13-5-3-4-12(10-13)15-11-16(22(21-15)8-9-23)20-17(24)14-6-1-2-7-19-14/h1-7,10-11,23H,8-9H2,(H,20,24). The number of carbonyl (C=O) groups excluding carboxylic acids is 1. The van der Waals surface area contributed by atoms with Crippen molar-refractivity contribution in [1.82, 2.24) is 14.8 Å². The summed E-state index contributed by atoms with van der Waals surface area (Å²) in [5.41, 5.74) is 1.79. The predicted octanol–water partition coefficient (Wildman–Crippen LogP) is 2.84. The topological polar surface area (TPSA) is 80.0 Å². The second kappa shape index (κ2) is 7.25. The van der Waals surface area contributed by atoms with Crippen LogP contribution in [0.25, 0.3) is 11.3 Å². The fourth-order valence-corrected chi connectivity index (χ4v) is 2.44. The Kier molecular flexibility index (Phi) is 4.88. The van der Waals surface area contributed by atoms with Gasteiger partial charge < -0.3 is 10.4 Å². The van der Waals surface area contributed by atoms with Gasteiger partial charge in [-0.1, -0.05) is 29.8 Å². The molecule has 3 aromatic rings. The van der Waals surface area contributed by atoms with Gasteiger partial charge in [0.05, 0.1) is 18.8 Å². The number of hydrogen-bond acceptors (Lipinski definition) is 4. The van der Waals surface area contributed by atoms with E-state index in [1.807, 2.05) is 12.1 Å². The first kappa shape index (κ1) is 16.2. The van der Waals surface area contributed by atoms with Crippen LogP contribution in [0.4, 0.5) is 5.82 Å². The molecule has 3 rings (SSSR count). The van der Waals surface area contributed by atoms with Crippen molar-refractivity contribution >= 4 is 23.3 Å². The summed E-state index contributed by atoms with van der Waals surface area (Å²) < 4.78 is 1.54. The Morgan fingerprint density at radius 3 is 2.79 bits per heavy atom. The molecule has 2 N–H and O–H groups in total. The largest absolute Gasteiger partial charge is 0.394 e. The van der Waals surface area contributed by atoms with E-state index in [2.05, 4.69) is 15.4 Å². The number of carbonyl (C=O) groups is 1. The smallest absolute Gasteiger partial charge is 0.275 e. The lowest BCUT2D eigenvalue weighted by molar-refractivity contribution is 0.102. The molecule has 0 atom stereocenters. The van der Waals surface area contributed by atoms with Gasteiger partial charge in [0.15, 0.2) is 0 Å². The SMILES string of the molecule is O=C(Nc1cc(-c2cccc(Cl)c2)nn1CCO)c1ccccn1. The second-order valence-electron chi connectivity index (χ2n) is 5.04. The number of nitrogens with zero attached hydrogens (tertiary/aromatic N) is 3. The number of aromatic nitrogens is 3. The van der Waals surface area contributed by atoms with Crippen LogP contribution in [0.5, 0.6) is 0 Å². The summed E-state index contributed by atoms with van der Waals surface area (Å²) in [6, 6.07) is 14.1. The van der Waals surface area contributed by atoms with Crippen LogP contribution in [0.15, 0.2) is 54.7 Å². The van der Waals surface area contributed by atoms with Crippen molar-refractivity contribution in [3.63, 3.8) is 0 Å². The molecule has 0 bridgehead atoms. The molecule has 24 heavy (non-hydrogen) atoms. The molecule has 0 aliphatic carbocycles. The first-order chi connectivity index (χ1) is 11.7. The third-order valence-electron chi connectivity index (χ3n) is 3.35. The molecule has 2 aromatic heterocycles. The van der Waals surface area contributed by atoms with Crippen molar-refractivity contribution in [2.45, 2.75) is 6.54 Å². The number of nitrogens with one attached hydrogen (secondary N) is 1. The maximum Gasteiger partial charge on any atom is 0.275 e. The fourth-order valence-electron chi connectivity index (χ4n) is 2.25. The third-order valence-corrected chi connectivity index (χ3v) is 3.59. The lowest BCUT2D eigenvalue weighted by Crippen LogP contribution is -2.17. The predicted molar refractivity (Wildman–Crippen MR) is 91.9 cm³/mol. The summed E-state index contributed by atoms with van der Waals surface area (Å²) in [5.74, 6) is 0.141. The van der Waals surface area contributed by atoms with Gasteiger partial charge in [-0.05, 0) is 24.3 Å². The summed E-state index contributed by atoms with van der Waals surface area (Å²) in [6.45, 7) is 0.168. The number of aliphatic hydroxyl groups is 1. The average molecular weight is 343 g/mol. The summed E-state index contributed by atoms with van der Waals surface area (Å²) in [4.78, 5) is 16.3. The van der Waals surface area contributed by atoms with Crippen LogP contribution in [0.1, 0.15) is 10.5 Å². The van der Waals surface area contributed by atoms with Crippen LogP contribution < -0.4 is 5.32 Å². The van der Waals surface area contributed by atoms with Crippen molar-refractivity contribution < 1.29 is 9.90 Å². The van der Waals surface area contributed by atoms with Gasteiger partial charge in [0.1, 0.15) is 11.5 Å². The minimum Gasteiger partial charge on any atom is -0.394 e. The van der Waals surface area contributed by atoms with Crippen molar-refractivity contribution in [1.29, 1.82) is 0 Å². The Morgan fingerprint density at radius 2 is 2.08 bits per heavy atom. The average Bonchev–Trinajstić information content (AvgIpc) is 2.99. The highest BCUT2D eigenvalue weighted by Gasteiger charge is 2.14. The van der Waals surface area contributed by atoms with Crippen LogP contribution in [0, 0.1) is 0 Å². The molecular formula is C17H15ClN4O2. The highest BCUT2D eigenvalue weighted by Crippen LogP contribution is 2.24. The fraction of sp³-hybridized carbons (Fsp3) is 0.118. The molecule has 0 saturated carbocycles. The molecule has 0 unspecified atom stereocenters. The van der Waals surface area contributed by atoms with Gasteiger partial charge in [-0.2, -0.15) is 5.10 Å². The number of rotatable bonds is 5. The highest BCUT2D eigenvalue weighted by molar-refractivity contribution is 6.30. The normalized spacial score (nSPS) is 10.6. The van der Waals surface area contributed by atoms with E-state index in [4.69, 9.17) is 11.6 Å². The van der Waals surface area contributed by atoms with Gasteiger partial charge in [-0.15, -0.1) is 0 Å². The molecule has 7 heteroatoms. The zero-order chi connectivity index (χ0) is 16.9. The van der Waals surface area contributed by atoms with Crippen LogP contribution in [-0.2, 0) is 6.54 Å². The molecule has 0 radical (unpaired) electrons. The molecule has 122 valence electrons. The molecule has 6 nitrogen and oxygen atoms in total. The lowest BCUT2D eigenvalue weighted by Gasteiger charge is -2.06. The summed E-state index contributed by atoms with van der Waals surface area (Å²) in [7, 11) is 0. The maximum absolute atomic E-state index is 12.3. The molecule has 2 heterocycles. The molecule has 0 fully saturated rings. The number of anilines is 1. The van der Waals surface area contributed by atoms with Gasteiger partial charge in [-0.3, -0.25) is 9.78 Å². The van der Waals surface area contributed by atoms with E-state index in [9.17, 15) is 9.90 Å². The number of aliphatic hydroxyl groups excluding tert-OH is 1.